The quantitative estimate of drug-likeness (QED) is 0.356. The fourth-order valence-corrected chi connectivity index (χ4v) is 4.73. The van der Waals surface area contributed by atoms with Gasteiger partial charge in [0.2, 0.25) is 5.75 Å². The zero-order valence-electron chi connectivity index (χ0n) is 20.2. The summed E-state index contributed by atoms with van der Waals surface area (Å²) < 4.78 is 49.2. The number of carbonyl (C=O) groups is 1. The van der Waals surface area contributed by atoms with Gasteiger partial charge in [0.15, 0.2) is 0 Å². The smallest absolute Gasteiger partial charge is 0.449 e. The number of aryl methyl sites for hydroxylation is 1. The summed E-state index contributed by atoms with van der Waals surface area (Å²) in [7, 11) is 1.61. The van der Waals surface area contributed by atoms with Gasteiger partial charge in [-0.05, 0) is 48.6 Å². The average molecular weight is 565 g/mol. The summed E-state index contributed by atoms with van der Waals surface area (Å²) in [6, 6.07) is 7.67. The van der Waals surface area contributed by atoms with Crippen LogP contribution in [0.2, 0.25) is 5.02 Å². The number of imidazole rings is 1. The second-order valence-corrected chi connectivity index (χ2v) is 9.63. The molecule has 10 nitrogen and oxygen atoms in total. The number of ether oxygens (including phenoxy) is 1. The Morgan fingerprint density at radius 1 is 1.08 bits per heavy atom. The third kappa shape index (κ3) is 4.85. The molecule has 1 aliphatic rings. The Morgan fingerprint density at radius 2 is 1.79 bits per heavy atom. The van der Waals surface area contributed by atoms with Crippen LogP contribution in [0.15, 0.2) is 57.0 Å². The van der Waals surface area contributed by atoms with Crippen LogP contribution in [-0.4, -0.2) is 29.5 Å². The van der Waals surface area contributed by atoms with E-state index in [1.165, 1.54) is 22.8 Å². The number of carboxylic acid groups (broad SMARTS) is 1. The van der Waals surface area contributed by atoms with E-state index in [0.717, 1.165) is 35.7 Å². The Labute approximate surface area is 221 Å². The number of aromatic nitrogens is 4. The number of nitrogens with zero attached hydrogens (tertiary/aromatic N) is 4. The lowest BCUT2D eigenvalue weighted by Gasteiger charge is -2.15. The summed E-state index contributed by atoms with van der Waals surface area (Å²) in [5, 5.41) is 8.42. The summed E-state index contributed by atoms with van der Waals surface area (Å²) in [6.07, 6.45) is -3.76. The third-order valence-corrected chi connectivity index (χ3v) is 7.04. The molecule has 0 amide bonds. The summed E-state index contributed by atoms with van der Waals surface area (Å²) in [5.74, 6) is -0.400. The SMILES string of the molecule is Cn1c(=O)n(CC2CC2)c2cc(-n3cc(OC(=O)O)c(=O)n(Cc4cccc(C(F)(F)F)c4Cl)c3=O)ccc21. The molecule has 1 saturated carbocycles. The second-order valence-electron chi connectivity index (χ2n) is 9.25. The highest BCUT2D eigenvalue weighted by Crippen LogP contribution is 2.36. The van der Waals surface area contributed by atoms with E-state index in [9.17, 15) is 32.3 Å². The topological polar surface area (TPSA) is 117 Å². The van der Waals surface area contributed by atoms with Gasteiger partial charge in [-0.15, -0.1) is 0 Å². The van der Waals surface area contributed by atoms with Crippen molar-refractivity contribution in [3.8, 4) is 11.4 Å². The number of rotatable bonds is 6. The summed E-state index contributed by atoms with van der Waals surface area (Å²) in [6.45, 7) is -0.216. The molecule has 4 aromatic rings. The number of halogens is 4. The molecular formula is C25H20ClF3N4O6. The molecule has 0 atom stereocenters. The van der Waals surface area contributed by atoms with Crippen molar-refractivity contribution in [2.45, 2.75) is 32.1 Å². The van der Waals surface area contributed by atoms with Crippen LogP contribution in [-0.2, 0) is 26.3 Å². The predicted octanol–water partition coefficient (Wildman–Crippen LogP) is 3.84. The first kappa shape index (κ1) is 26.4. The molecule has 5 rings (SSSR count). The minimum absolute atomic E-state index is 0.168. The van der Waals surface area contributed by atoms with Gasteiger partial charge in [0.05, 0.1) is 40.0 Å². The van der Waals surface area contributed by atoms with Crippen molar-refractivity contribution in [3.63, 3.8) is 0 Å². The van der Waals surface area contributed by atoms with Crippen molar-refractivity contribution in [1.82, 2.24) is 18.3 Å². The molecule has 39 heavy (non-hydrogen) atoms. The van der Waals surface area contributed by atoms with Crippen LogP contribution in [0.25, 0.3) is 16.7 Å². The molecule has 2 aromatic carbocycles. The lowest BCUT2D eigenvalue weighted by Crippen LogP contribution is -2.40. The molecule has 1 aliphatic carbocycles. The molecule has 0 radical (unpaired) electrons. The Hall–Kier alpha value is -4.26. The van der Waals surface area contributed by atoms with E-state index in [4.69, 9.17) is 16.7 Å². The van der Waals surface area contributed by atoms with Crippen molar-refractivity contribution < 1.29 is 27.8 Å². The van der Waals surface area contributed by atoms with Crippen LogP contribution in [0.4, 0.5) is 18.0 Å². The first-order chi connectivity index (χ1) is 18.4. The highest BCUT2D eigenvalue weighted by atomic mass is 35.5. The van der Waals surface area contributed by atoms with Crippen LogP contribution < -0.4 is 21.7 Å². The van der Waals surface area contributed by atoms with Gasteiger partial charge in [-0.3, -0.25) is 23.1 Å². The lowest BCUT2D eigenvalue weighted by molar-refractivity contribution is -0.137. The monoisotopic (exact) mass is 564 g/mol. The first-order valence-corrected chi connectivity index (χ1v) is 12.1. The lowest BCUT2D eigenvalue weighted by atomic mass is 10.1. The van der Waals surface area contributed by atoms with Gasteiger partial charge in [-0.1, -0.05) is 23.7 Å². The van der Waals surface area contributed by atoms with Crippen LogP contribution in [0, 0.1) is 5.92 Å². The zero-order chi connectivity index (χ0) is 28.2. The van der Waals surface area contributed by atoms with Gasteiger partial charge in [-0.25, -0.2) is 14.4 Å². The Balaban J connectivity index is 1.69. The number of hydrogen-bond acceptors (Lipinski definition) is 5. The van der Waals surface area contributed by atoms with Crippen molar-refractivity contribution in [1.29, 1.82) is 0 Å². The number of hydrogen-bond donors (Lipinski definition) is 1. The maximum absolute atomic E-state index is 13.5. The molecular weight excluding hydrogens is 545 g/mol. The van der Waals surface area contributed by atoms with Gasteiger partial charge >= 0.3 is 23.7 Å². The van der Waals surface area contributed by atoms with E-state index in [0.29, 0.717) is 28.1 Å². The van der Waals surface area contributed by atoms with E-state index < -0.39 is 46.5 Å². The predicted molar refractivity (Wildman–Crippen MR) is 134 cm³/mol. The van der Waals surface area contributed by atoms with Gasteiger partial charge < -0.3 is 9.84 Å². The van der Waals surface area contributed by atoms with Crippen molar-refractivity contribution >= 4 is 28.8 Å². The Bertz CT molecular complexity index is 1810. The molecule has 0 aliphatic heterocycles. The maximum atomic E-state index is 13.5. The van der Waals surface area contributed by atoms with E-state index in [2.05, 4.69) is 4.74 Å². The van der Waals surface area contributed by atoms with E-state index in [-0.39, 0.29) is 16.9 Å². The van der Waals surface area contributed by atoms with E-state index in [1.807, 2.05) is 0 Å². The summed E-state index contributed by atoms with van der Waals surface area (Å²) in [5.41, 5.74) is -2.50. The minimum atomic E-state index is -4.78. The van der Waals surface area contributed by atoms with Gasteiger partial charge in [-0.2, -0.15) is 13.2 Å². The van der Waals surface area contributed by atoms with Crippen molar-refractivity contribution in [3.05, 3.63) is 90.1 Å². The number of fused-ring (bicyclic) bond motifs is 1. The minimum Gasteiger partial charge on any atom is -0.449 e. The van der Waals surface area contributed by atoms with Gasteiger partial charge in [0, 0.05) is 13.6 Å². The van der Waals surface area contributed by atoms with Crippen LogP contribution >= 0.6 is 11.6 Å². The molecule has 204 valence electrons. The normalized spacial score (nSPS) is 13.7. The van der Waals surface area contributed by atoms with Crippen molar-refractivity contribution in [2.75, 3.05) is 0 Å². The maximum Gasteiger partial charge on any atom is 0.511 e. The molecule has 2 heterocycles. The van der Waals surface area contributed by atoms with Crippen molar-refractivity contribution in [2.24, 2.45) is 13.0 Å². The highest BCUT2D eigenvalue weighted by Gasteiger charge is 2.34. The molecule has 0 bridgehead atoms. The molecule has 1 fully saturated rings. The molecule has 0 spiro atoms. The standard InChI is InChI=1S/C25H20ClF3N4O6/c1-30-17-8-7-15(9-18(17)32(22(30)35)10-13-5-6-13)31-12-19(39-24(37)38)21(34)33(23(31)36)11-14-3-2-4-16(20(14)26)25(27,28)29/h2-4,7-9,12-13H,5-6,10-11H2,1H3,(H,37,38). The van der Waals surface area contributed by atoms with Crippen LogP contribution in [0.3, 0.4) is 0 Å². The first-order valence-electron chi connectivity index (χ1n) is 11.7. The largest absolute Gasteiger partial charge is 0.511 e. The van der Waals surface area contributed by atoms with Gasteiger partial charge in [0.1, 0.15) is 0 Å². The molecule has 0 unspecified atom stereocenters. The number of alkyl halides is 3. The third-order valence-electron chi connectivity index (χ3n) is 6.59. The molecule has 0 saturated heterocycles. The average Bonchev–Trinajstić information content (AvgIpc) is 3.66. The molecule has 1 N–H and O–H groups in total. The summed E-state index contributed by atoms with van der Waals surface area (Å²) in [4.78, 5) is 50.6. The Morgan fingerprint density at radius 3 is 2.44 bits per heavy atom. The van der Waals surface area contributed by atoms with Crippen LogP contribution in [0.1, 0.15) is 24.0 Å². The fraction of sp³-hybridized carbons (Fsp3) is 0.280. The Kier molecular flexibility index (Phi) is 6.41. The zero-order valence-corrected chi connectivity index (χ0v) is 21.0. The van der Waals surface area contributed by atoms with E-state index >= 15 is 0 Å². The van der Waals surface area contributed by atoms with Gasteiger partial charge in [0.25, 0.3) is 5.56 Å². The van der Waals surface area contributed by atoms with E-state index in [1.54, 1.807) is 17.7 Å². The second kappa shape index (κ2) is 9.49. The summed E-state index contributed by atoms with van der Waals surface area (Å²) >= 11 is 5.97. The number of benzene rings is 2. The fourth-order valence-electron chi connectivity index (χ4n) is 4.44. The van der Waals surface area contributed by atoms with Crippen LogP contribution in [0.5, 0.6) is 5.75 Å². The molecule has 2 aromatic heterocycles. The highest BCUT2D eigenvalue weighted by molar-refractivity contribution is 6.32. The molecule has 14 heteroatoms.